The summed E-state index contributed by atoms with van der Waals surface area (Å²) in [5.74, 6) is 0.650. The van der Waals surface area contributed by atoms with E-state index >= 15 is 0 Å². The Bertz CT molecular complexity index is 944. The van der Waals surface area contributed by atoms with Crippen molar-refractivity contribution < 1.29 is 9.21 Å². The maximum Gasteiger partial charge on any atom is 0.289 e. The summed E-state index contributed by atoms with van der Waals surface area (Å²) in [6, 6.07) is 16.5. The molecule has 0 aliphatic carbocycles. The molecule has 0 radical (unpaired) electrons. The van der Waals surface area contributed by atoms with Gasteiger partial charge in [0.05, 0.1) is 6.54 Å². The zero-order chi connectivity index (χ0) is 18.5. The van der Waals surface area contributed by atoms with Gasteiger partial charge in [-0.2, -0.15) is 0 Å². The first-order valence-electron chi connectivity index (χ1n) is 8.19. The van der Waals surface area contributed by atoms with Crippen molar-refractivity contribution in [1.29, 1.82) is 0 Å². The van der Waals surface area contributed by atoms with Gasteiger partial charge in [0.2, 0.25) is 0 Å². The van der Waals surface area contributed by atoms with Crippen LogP contribution in [-0.4, -0.2) is 28.7 Å². The Morgan fingerprint density at radius 1 is 1.12 bits per heavy atom. The number of hydrogen-bond acceptors (Lipinski definition) is 4. The highest BCUT2D eigenvalue weighted by Gasteiger charge is 2.16. The van der Waals surface area contributed by atoms with Crippen LogP contribution in [-0.2, 0) is 13.1 Å². The van der Waals surface area contributed by atoms with Crippen LogP contribution in [0.2, 0.25) is 0 Å². The first-order chi connectivity index (χ1) is 12.6. The molecular weight excluding hydrogens is 348 g/mol. The van der Waals surface area contributed by atoms with E-state index in [2.05, 4.69) is 0 Å². The molecular formula is C20H20N2O3S. The fraction of sp³-hybridized carbons (Fsp3) is 0.200. The molecule has 2 heterocycles. The average molecular weight is 368 g/mol. The molecule has 3 rings (SSSR count). The molecule has 1 aromatic carbocycles. The van der Waals surface area contributed by atoms with Gasteiger partial charge in [-0.1, -0.05) is 18.2 Å². The maximum atomic E-state index is 12.6. The molecule has 6 heteroatoms. The number of amides is 1. The molecule has 134 valence electrons. The van der Waals surface area contributed by atoms with Gasteiger partial charge in [0.25, 0.3) is 11.5 Å². The molecule has 0 atom stereocenters. The molecule has 26 heavy (non-hydrogen) atoms. The third-order valence-corrected chi connectivity index (χ3v) is 4.77. The number of hydrogen-bond donors (Lipinski definition) is 0. The number of pyridine rings is 1. The van der Waals surface area contributed by atoms with Crippen molar-refractivity contribution in [3.05, 3.63) is 88.2 Å². The highest BCUT2D eigenvalue weighted by Crippen LogP contribution is 2.17. The number of aromatic nitrogens is 1. The smallest absolute Gasteiger partial charge is 0.289 e. The monoisotopic (exact) mass is 368 g/mol. The summed E-state index contributed by atoms with van der Waals surface area (Å²) in [5.41, 5.74) is 0.948. The van der Waals surface area contributed by atoms with Crippen LogP contribution in [0.3, 0.4) is 0 Å². The maximum absolute atomic E-state index is 12.6. The Morgan fingerprint density at radius 3 is 2.58 bits per heavy atom. The molecule has 2 aromatic heterocycles. The first kappa shape index (κ1) is 18.1. The lowest BCUT2D eigenvalue weighted by Gasteiger charge is -2.16. The minimum absolute atomic E-state index is 0.109. The van der Waals surface area contributed by atoms with Crippen LogP contribution in [0.1, 0.15) is 21.9 Å². The highest BCUT2D eigenvalue weighted by molar-refractivity contribution is 7.98. The zero-order valence-electron chi connectivity index (χ0n) is 14.7. The molecule has 0 fully saturated rings. The lowest BCUT2D eigenvalue weighted by molar-refractivity contribution is 0.0751. The van der Waals surface area contributed by atoms with Crippen LogP contribution >= 0.6 is 11.8 Å². The van der Waals surface area contributed by atoms with Gasteiger partial charge in [-0.25, -0.2) is 0 Å². The molecule has 0 unspecified atom stereocenters. The lowest BCUT2D eigenvalue weighted by atomic mass is 10.2. The third kappa shape index (κ3) is 4.26. The minimum Gasteiger partial charge on any atom is -0.454 e. The summed E-state index contributed by atoms with van der Waals surface area (Å²) in [5, 5.41) is 0. The van der Waals surface area contributed by atoms with Gasteiger partial charge in [-0.3, -0.25) is 9.59 Å². The summed E-state index contributed by atoms with van der Waals surface area (Å²) >= 11 is 1.68. The van der Waals surface area contributed by atoms with Gasteiger partial charge < -0.3 is 13.9 Å². The molecule has 0 saturated heterocycles. The predicted molar refractivity (Wildman–Crippen MR) is 103 cm³/mol. The van der Waals surface area contributed by atoms with E-state index in [-0.39, 0.29) is 17.2 Å². The van der Waals surface area contributed by atoms with E-state index in [1.54, 1.807) is 54.2 Å². The molecule has 0 aliphatic rings. The van der Waals surface area contributed by atoms with E-state index in [9.17, 15) is 9.59 Å². The summed E-state index contributed by atoms with van der Waals surface area (Å²) in [6.45, 7) is 0.800. The molecule has 1 amide bonds. The van der Waals surface area contributed by atoms with Crippen LogP contribution in [0.15, 0.2) is 74.9 Å². The van der Waals surface area contributed by atoms with Crippen molar-refractivity contribution in [3.63, 3.8) is 0 Å². The van der Waals surface area contributed by atoms with Gasteiger partial charge in [-0.15, -0.1) is 11.8 Å². The second-order valence-corrected chi connectivity index (χ2v) is 6.82. The van der Waals surface area contributed by atoms with Crippen molar-refractivity contribution in [3.8, 4) is 0 Å². The van der Waals surface area contributed by atoms with E-state index < -0.39 is 0 Å². The number of thioether (sulfide) groups is 1. The van der Waals surface area contributed by atoms with Crippen LogP contribution in [0.4, 0.5) is 0 Å². The fourth-order valence-electron chi connectivity index (χ4n) is 2.60. The summed E-state index contributed by atoms with van der Waals surface area (Å²) in [6.07, 6.45) is 3.72. The Kier molecular flexibility index (Phi) is 5.63. The lowest BCUT2D eigenvalue weighted by Crippen LogP contribution is -2.25. The van der Waals surface area contributed by atoms with Crippen molar-refractivity contribution >= 4 is 17.7 Å². The molecule has 0 aliphatic heterocycles. The number of benzene rings is 1. The van der Waals surface area contributed by atoms with Gasteiger partial charge >= 0.3 is 0 Å². The number of carbonyl (C=O) groups excluding carboxylic acids is 1. The molecule has 3 aromatic rings. The third-order valence-electron chi connectivity index (χ3n) is 4.02. The van der Waals surface area contributed by atoms with Crippen molar-refractivity contribution in [2.45, 2.75) is 18.0 Å². The van der Waals surface area contributed by atoms with E-state index in [4.69, 9.17) is 4.42 Å². The molecule has 5 nitrogen and oxygen atoms in total. The van der Waals surface area contributed by atoms with Crippen molar-refractivity contribution in [2.24, 2.45) is 0 Å². The highest BCUT2D eigenvalue weighted by atomic mass is 32.2. The number of carbonyl (C=O) groups is 1. The Hall–Kier alpha value is -2.73. The topological polar surface area (TPSA) is 55.5 Å². The van der Waals surface area contributed by atoms with E-state index in [1.807, 2.05) is 30.5 Å². The predicted octanol–water partition coefficient (Wildman–Crippen LogP) is 3.48. The summed E-state index contributed by atoms with van der Waals surface area (Å²) < 4.78 is 7.18. The van der Waals surface area contributed by atoms with Gasteiger partial charge in [0, 0.05) is 30.8 Å². The largest absolute Gasteiger partial charge is 0.454 e. The first-order valence-corrected chi connectivity index (χ1v) is 9.42. The molecule has 0 bridgehead atoms. The molecule has 0 N–H and O–H groups in total. The fourth-order valence-corrected chi connectivity index (χ4v) is 3.01. The van der Waals surface area contributed by atoms with Crippen LogP contribution in [0.25, 0.3) is 0 Å². The minimum atomic E-state index is -0.189. The SMILES string of the molecule is CSc1ccc(CN(C)C(=O)c2ccc(Cn3ccccc3=O)o2)cc1. The summed E-state index contributed by atoms with van der Waals surface area (Å²) in [4.78, 5) is 27.1. The Balaban J connectivity index is 1.66. The van der Waals surface area contributed by atoms with Crippen LogP contribution in [0.5, 0.6) is 0 Å². The van der Waals surface area contributed by atoms with Crippen LogP contribution in [0, 0.1) is 0 Å². The second kappa shape index (κ2) is 8.10. The second-order valence-electron chi connectivity index (χ2n) is 5.94. The van der Waals surface area contributed by atoms with Gasteiger partial charge in [0.1, 0.15) is 5.76 Å². The quantitative estimate of drug-likeness (QED) is 0.625. The zero-order valence-corrected chi connectivity index (χ0v) is 15.5. The van der Waals surface area contributed by atoms with Crippen LogP contribution < -0.4 is 5.56 Å². The number of rotatable bonds is 6. The number of nitrogens with zero attached hydrogens (tertiary/aromatic N) is 2. The van der Waals surface area contributed by atoms with Gasteiger partial charge in [-0.05, 0) is 42.2 Å². The average Bonchev–Trinajstić information content (AvgIpc) is 3.12. The standard InChI is InChI=1S/C20H20N2O3S/c1-21(13-15-6-9-17(26-2)10-7-15)20(24)18-11-8-16(25-18)14-22-12-4-3-5-19(22)23/h3-12H,13-14H2,1-2H3. The molecule has 0 spiro atoms. The normalized spacial score (nSPS) is 10.7. The Morgan fingerprint density at radius 2 is 1.88 bits per heavy atom. The van der Waals surface area contributed by atoms with E-state index in [1.165, 1.54) is 15.5 Å². The number of furan rings is 1. The Labute approximate surface area is 156 Å². The van der Waals surface area contributed by atoms with Crippen molar-refractivity contribution in [2.75, 3.05) is 13.3 Å². The van der Waals surface area contributed by atoms with Gasteiger partial charge in [0.15, 0.2) is 5.76 Å². The van der Waals surface area contributed by atoms with E-state index in [0.717, 1.165) is 5.56 Å². The van der Waals surface area contributed by atoms with Crippen molar-refractivity contribution in [1.82, 2.24) is 9.47 Å². The molecule has 0 saturated carbocycles. The van der Waals surface area contributed by atoms with E-state index in [0.29, 0.717) is 18.8 Å². The summed E-state index contributed by atoms with van der Waals surface area (Å²) in [7, 11) is 1.74.